The lowest BCUT2D eigenvalue weighted by atomic mass is 10.1. The molecule has 1 unspecified atom stereocenters. The van der Waals surface area contributed by atoms with Gasteiger partial charge >= 0.3 is 11.9 Å². The molecule has 0 aliphatic rings. The lowest BCUT2D eigenvalue weighted by molar-refractivity contribution is -0.906. The van der Waals surface area contributed by atoms with E-state index in [1.54, 1.807) is 24.3 Å². The van der Waals surface area contributed by atoms with E-state index in [1.807, 2.05) is 14.1 Å². The predicted octanol–water partition coefficient (Wildman–Crippen LogP) is 12.2. The number of nitrogens with zero attached hydrogens (tertiary/aromatic N) is 1. The van der Waals surface area contributed by atoms with Crippen molar-refractivity contribution < 1.29 is 33.4 Å². The van der Waals surface area contributed by atoms with E-state index in [0.717, 1.165) is 56.9 Å². The third kappa shape index (κ3) is 31.2. The lowest BCUT2D eigenvalue weighted by Crippen LogP contribution is -2.47. The number of quaternary nitrogens is 1. The first-order valence-corrected chi connectivity index (χ1v) is 22.9. The van der Waals surface area contributed by atoms with Crippen LogP contribution in [0.3, 0.4) is 0 Å². The van der Waals surface area contributed by atoms with Crippen molar-refractivity contribution in [1.82, 2.24) is 0 Å². The highest BCUT2D eigenvalue weighted by Crippen LogP contribution is 2.16. The average Bonchev–Trinajstić information content (AvgIpc) is 3.16. The molecule has 0 heterocycles. The van der Waals surface area contributed by atoms with E-state index in [4.69, 9.17) is 9.47 Å². The van der Waals surface area contributed by atoms with Crippen LogP contribution in [0.1, 0.15) is 210 Å². The Morgan fingerprint density at radius 3 is 1.39 bits per heavy atom. The number of carbonyl (C=O) groups excluding carboxylic acids is 3. The second-order valence-electron chi connectivity index (χ2n) is 16.7. The molecule has 0 saturated heterocycles. The number of carboxylic acids is 1. The lowest BCUT2D eigenvalue weighted by Gasteiger charge is -2.33. The number of esters is 2. The van der Waals surface area contributed by atoms with Crippen molar-refractivity contribution in [3.05, 3.63) is 59.7 Å². The van der Waals surface area contributed by atoms with Gasteiger partial charge in [0.15, 0.2) is 6.10 Å². The second kappa shape index (κ2) is 35.2. The van der Waals surface area contributed by atoms with Gasteiger partial charge in [-0.05, 0) is 69.8 Å². The first-order chi connectivity index (χ1) is 27.2. The summed E-state index contributed by atoms with van der Waals surface area (Å²) in [5.74, 6) is -1.70. The first kappa shape index (κ1) is 51.1. The Morgan fingerprint density at radius 1 is 0.571 bits per heavy atom. The predicted molar refractivity (Wildman–Crippen MR) is 231 cm³/mol. The van der Waals surface area contributed by atoms with Crippen LogP contribution in [-0.4, -0.2) is 55.7 Å². The summed E-state index contributed by atoms with van der Waals surface area (Å²) < 4.78 is 12.1. The zero-order valence-corrected chi connectivity index (χ0v) is 36.5. The van der Waals surface area contributed by atoms with Gasteiger partial charge in [0, 0.05) is 18.4 Å². The van der Waals surface area contributed by atoms with Crippen LogP contribution in [0.15, 0.2) is 48.6 Å². The number of likely N-dealkylation sites (N-methyl/N-ethyl adjacent to an activating group) is 1. The Hall–Kier alpha value is -2.93. The maximum atomic E-state index is 13.0. The van der Waals surface area contributed by atoms with Gasteiger partial charge in [0.05, 0.1) is 20.1 Å². The summed E-state index contributed by atoms with van der Waals surface area (Å²) in [6.07, 6.45) is 40.8. The first-order valence-electron chi connectivity index (χ1n) is 22.9. The summed E-state index contributed by atoms with van der Waals surface area (Å²) in [4.78, 5) is 36.9. The molecule has 1 aromatic rings. The van der Waals surface area contributed by atoms with Gasteiger partial charge in [-0.3, -0.25) is 9.59 Å². The average molecular weight is 782 g/mol. The summed E-state index contributed by atoms with van der Waals surface area (Å²) >= 11 is 0. The van der Waals surface area contributed by atoms with Crippen LogP contribution in [0.5, 0.6) is 0 Å². The topological polar surface area (TPSA) is 92.7 Å². The molecule has 1 rings (SSSR count). The van der Waals surface area contributed by atoms with Gasteiger partial charge in [0.25, 0.3) is 0 Å². The van der Waals surface area contributed by atoms with Crippen LogP contribution in [0.2, 0.25) is 0 Å². The maximum absolute atomic E-state index is 13.0. The number of benzene rings is 1. The quantitative estimate of drug-likeness (QED) is 0.0287. The number of unbranched alkanes of at least 4 members (excludes halogenated alkanes) is 22. The van der Waals surface area contributed by atoms with Crippen molar-refractivity contribution in [2.45, 2.75) is 206 Å². The summed E-state index contributed by atoms with van der Waals surface area (Å²) in [7, 11) is 4.06. The molecule has 0 amide bonds. The minimum absolute atomic E-state index is 0.0350. The minimum Gasteiger partial charge on any atom is -0.545 e. The molecule has 1 aromatic carbocycles. The SMILES string of the molecule is CCCCCCCC/C=C/CCCCCCCC(=O)OCC(C[N+](C)(C)Cc1ccc(C(=O)[O-])cc1)OC(=O)CCCCCCC/C=C/CCCCCCCC. The van der Waals surface area contributed by atoms with E-state index in [2.05, 4.69) is 38.2 Å². The van der Waals surface area contributed by atoms with E-state index in [-0.39, 0.29) is 24.1 Å². The molecule has 0 aliphatic heterocycles. The normalized spacial score (nSPS) is 12.4. The fourth-order valence-electron chi connectivity index (χ4n) is 7.16. The van der Waals surface area contributed by atoms with Crippen LogP contribution in [-0.2, 0) is 25.6 Å². The number of hydrogen-bond donors (Lipinski definition) is 0. The number of rotatable bonds is 38. The molecule has 1 atom stereocenters. The van der Waals surface area contributed by atoms with Crippen molar-refractivity contribution in [2.24, 2.45) is 0 Å². The number of carboxylic acid groups (broad SMARTS) is 1. The molecule has 7 nitrogen and oxygen atoms in total. The number of ether oxygens (including phenoxy) is 2. The van der Waals surface area contributed by atoms with Gasteiger partial charge < -0.3 is 23.9 Å². The molecule has 0 fully saturated rings. The molecule has 0 aliphatic carbocycles. The van der Waals surface area contributed by atoms with Crippen molar-refractivity contribution in [3.63, 3.8) is 0 Å². The van der Waals surface area contributed by atoms with Gasteiger partial charge in [0.1, 0.15) is 19.7 Å². The zero-order valence-electron chi connectivity index (χ0n) is 36.5. The van der Waals surface area contributed by atoms with Crippen LogP contribution in [0, 0.1) is 0 Å². The Morgan fingerprint density at radius 2 is 0.964 bits per heavy atom. The molecular formula is C49H83NO6. The zero-order chi connectivity index (χ0) is 41.0. The smallest absolute Gasteiger partial charge is 0.306 e. The second-order valence-corrected chi connectivity index (χ2v) is 16.7. The van der Waals surface area contributed by atoms with Crippen LogP contribution in [0.25, 0.3) is 0 Å². The largest absolute Gasteiger partial charge is 0.545 e. The Labute approximate surface area is 343 Å². The number of carbonyl (C=O) groups is 3. The van der Waals surface area contributed by atoms with Crippen molar-refractivity contribution in [2.75, 3.05) is 27.2 Å². The molecule has 320 valence electrons. The molecule has 56 heavy (non-hydrogen) atoms. The highest BCUT2D eigenvalue weighted by atomic mass is 16.6. The molecule has 0 bridgehead atoms. The molecule has 7 heteroatoms. The summed E-state index contributed by atoms with van der Waals surface area (Å²) in [5.41, 5.74) is 1.10. The summed E-state index contributed by atoms with van der Waals surface area (Å²) in [5, 5.41) is 11.2. The highest BCUT2D eigenvalue weighted by molar-refractivity contribution is 5.85. The standard InChI is InChI=1S/C49H83NO6/c1-5-7-9-11-13-15-17-19-21-23-25-27-29-31-33-35-47(51)55-43-46(42-50(3,4)41-44-37-39-45(40-38-44)49(53)54)56-48(52)36-34-32-30-28-26-24-22-20-18-16-14-12-10-8-6-2/h19-22,37-40,46H,5-18,23-36,41-43H2,1-4H3/b21-19+,22-20+. The molecule has 0 radical (unpaired) electrons. The molecule has 0 spiro atoms. The monoisotopic (exact) mass is 782 g/mol. The molecular weight excluding hydrogens is 699 g/mol. The molecule has 0 saturated carbocycles. The van der Waals surface area contributed by atoms with Gasteiger partial charge in [-0.2, -0.15) is 0 Å². The Bertz CT molecular complexity index is 1170. The third-order valence-electron chi connectivity index (χ3n) is 10.5. The van der Waals surface area contributed by atoms with Gasteiger partial charge in [-0.1, -0.05) is 165 Å². The fourth-order valence-corrected chi connectivity index (χ4v) is 7.16. The minimum atomic E-state index is -1.20. The van der Waals surface area contributed by atoms with Crippen LogP contribution < -0.4 is 5.11 Å². The Balaban J connectivity index is 2.40. The highest BCUT2D eigenvalue weighted by Gasteiger charge is 2.27. The van der Waals surface area contributed by atoms with Gasteiger partial charge in [-0.25, -0.2) is 0 Å². The van der Waals surface area contributed by atoms with E-state index in [9.17, 15) is 19.5 Å². The van der Waals surface area contributed by atoms with E-state index in [1.165, 1.54) is 116 Å². The van der Waals surface area contributed by atoms with E-state index in [0.29, 0.717) is 30.4 Å². The number of aromatic carboxylic acids is 1. The van der Waals surface area contributed by atoms with Gasteiger partial charge in [0.2, 0.25) is 0 Å². The van der Waals surface area contributed by atoms with E-state index >= 15 is 0 Å². The van der Waals surface area contributed by atoms with Crippen LogP contribution >= 0.6 is 0 Å². The summed E-state index contributed by atoms with van der Waals surface area (Å²) in [6, 6.07) is 6.67. The third-order valence-corrected chi connectivity index (χ3v) is 10.5. The number of allylic oxidation sites excluding steroid dienone is 4. The van der Waals surface area contributed by atoms with Crippen LogP contribution in [0.4, 0.5) is 0 Å². The number of hydrogen-bond acceptors (Lipinski definition) is 6. The van der Waals surface area contributed by atoms with Crippen molar-refractivity contribution in [1.29, 1.82) is 0 Å². The van der Waals surface area contributed by atoms with E-state index < -0.39 is 12.1 Å². The van der Waals surface area contributed by atoms with Gasteiger partial charge in [-0.15, -0.1) is 0 Å². The summed E-state index contributed by atoms with van der Waals surface area (Å²) in [6.45, 7) is 5.61. The Kier molecular flexibility index (Phi) is 32.2. The van der Waals surface area contributed by atoms with Crippen molar-refractivity contribution >= 4 is 17.9 Å². The molecule has 0 aromatic heterocycles. The molecule has 0 N–H and O–H groups in total. The van der Waals surface area contributed by atoms with Crippen molar-refractivity contribution in [3.8, 4) is 0 Å². The maximum Gasteiger partial charge on any atom is 0.306 e. The fraction of sp³-hybridized carbons (Fsp3) is 0.735.